The Morgan fingerprint density at radius 2 is 1.89 bits per heavy atom. The van der Waals surface area contributed by atoms with Gasteiger partial charge < -0.3 is 9.47 Å². The highest BCUT2D eigenvalue weighted by molar-refractivity contribution is 6.33. The second-order valence-corrected chi connectivity index (χ2v) is 6.45. The molecular weight excluding hydrogens is 381 g/mol. The van der Waals surface area contributed by atoms with E-state index in [0.29, 0.717) is 18.9 Å². The summed E-state index contributed by atoms with van der Waals surface area (Å²) in [6.45, 7) is 0.718. The lowest BCUT2D eigenvalue weighted by Crippen LogP contribution is -2.38. The molecule has 0 bridgehead atoms. The van der Waals surface area contributed by atoms with Gasteiger partial charge in [0.1, 0.15) is 5.82 Å². The molecule has 2 aromatic carbocycles. The summed E-state index contributed by atoms with van der Waals surface area (Å²) in [6, 6.07) is 7.41. The number of hydrogen-bond acceptors (Lipinski definition) is 3. The number of fused-ring (bicyclic) bond motifs is 1. The number of amides is 1. The van der Waals surface area contributed by atoms with Crippen LogP contribution in [-0.4, -0.2) is 32.1 Å². The highest BCUT2D eigenvalue weighted by atomic mass is 35.5. The Labute approximate surface area is 157 Å². The highest BCUT2D eigenvalue weighted by Gasteiger charge is 2.28. The first kappa shape index (κ1) is 17.5. The largest absolute Gasteiger partial charge is 0.329 e. The summed E-state index contributed by atoms with van der Waals surface area (Å²) in [7, 11) is 0. The molecule has 0 saturated heterocycles. The van der Waals surface area contributed by atoms with Crippen molar-refractivity contribution in [1.82, 2.24) is 19.7 Å². The van der Waals surface area contributed by atoms with Gasteiger partial charge >= 0.3 is 0 Å². The fourth-order valence-electron chi connectivity index (χ4n) is 3.04. The fourth-order valence-corrected chi connectivity index (χ4v) is 3.29. The Morgan fingerprint density at radius 3 is 2.67 bits per heavy atom. The molecule has 1 aliphatic rings. The number of benzene rings is 2. The normalized spacial score (nSPS) is 13.6. The maximum Gasteiger partial charge on any atom is 0.255 e. The Morgan fingerprint density at radius 1 is 1.07 bits per heavy atom. The van der Waals surface area contributed by atoms with Crippen molar-refractivity contribution in [3.8, 4) is 11.4 Å². The first-order valence-electron chi connectivity index (χ1n) is 8.06. The second-order valence-electron chi connectivity index (χ2n) is 6.04. The van der Waals surface area contributed by atoms with E-state index < -0.39 is 17.5 Å². The number of hydrogen-bond donors (Lipinski definition) is 0. The van der Waals surface area contributed by atoms with E-state index in [-0.39, 0.29) is 34.4 Å². The van der Waals surface area contributed by atoms with E-state index in [1.807, 2.05) is 0 Å². The first-order valence-corrected chi connectivity index (χ1v) is 8.44. The molecule has 1 aliphatic heterocycles. The molecule has 1 aromatic heterocycles. The van der Waals surface area contributed by atoms with Crippen molar-refractivity contribution in [3.63, 3.8) is 0 Å². The molecule has 4 rings (SSSR count). The van der Waals surface area contributed by atoms with Crippen molar-refractivity contribution in [2.45, 2.75) is 13.1 Å². The van der Waals surface area contributed by atoms with Crippen LogP contribution in [0, 0.1) is 17.5 Å². The van der Waals surface area contributed by atoms with Gasteiger partial charge in [0.05, 0.1) is 22.7 Å². The SMILES string of the molecule is O=C(c1ccc(F)cc1Cl)N1CCn2c(nnc2-c2cccc(F)c2F)C1. The van der Waals surface area contributed by atoms with Gasteiger partial charge in [0.25, 0.3) is 5.91 Å². The maximum atomic E-state index is 14.1. The van der Waals surface area contributed by atoms with Crippen molar-refractivity contribution in [2.24, 2.45) is 0 Å². The molecule has 3 aromatic rings. The lowest BCUT2D eigenvalue weighted by Gasteiger charge is -2.28. The van der Waals surface area contributed by atoms with Crippen molar-refractivity contribution in [2.75, 3.05) is 6.54 Å². The molecule has 0 unspecified atom stereocenters. The number of rotatable bonds is 2. The highest BCUT2D eigenvalue weighted by Crippen LogP contribution is 2.27. The smallest absolute Gasteiger partial charge is 0.255 e. The van der Waals surface area contributed by atoms with E-state index in [2.05, 4.69) is 10.2 Å². The summed E-state index contributed by atoms with van der Waals surface area (Å²) in [5, 5.41) is 7.98. The van der Waals surface area contributed by atoms with E-state index in [1.54, 1.807) is 4.57 Å². The van der Waals surface area contributed by atoms with Gasteiger partial charge in [0.15, 0.2) is 23.3 Å². The van der Waals surface area contributed by atoms with Crippen molar-refractivity contribution >= 4 is 17.5 Å². The summed E-state index contributed by atoms with van der Waals surface area (Å²) < 4.78 is 42.4. The second kappa shape index (κ2) is 6.70. The van der Waals surface area contributed by atoms with Gasteiger partial charge in [-0.1, -0.05) is 17.7 Å². The molecule has 0 radical (unpaired) electrons. The minimum atomic E-state index is -0.996. The third kappa shape index (κ3) is 3.06. The van der Waals surface area contributed by atoms with Gasteiger partial charge in [0.2, 0.25) is 0 Å². The van der Waals surface area contributed by atoms with Crippen LogP contribution in [0.4, 0.5) is 13.2 Å². The van der Waals surface area contributed by atoms with E-state index in [4.69, 9.17) is 11.6 Å². The monoisotopic (exact) mass is 392 g/mol. The Hall–Kier alpha value is -2.87. The number of halogens is 4. The van der Waals surface area contributed by atoms with Crippen LogP contribution in [0.15, 0.2) is 36.4 Å². The molecule has 2 heterocycles. The number of carbonyl (C=O) groups is 1. The molecule has 9 heteroatoms. The third-order valence-electron chi connectivity index (χ3n) is 4.39. The number of carbonyl (C=O) groups excluding carboxylic acids is 1. The zero-order valence-corrected chi connectivity index (χ0v) is 14.6. The molecule has 0 spiro atoms. The third-order valence-corrected chi connectivity index (χ3v) is 4.71. The quantitative estimate of drug-likeness (QED) is 0.668. The molecule has 0 N–H and O–H groups in total. The Balaban J connectivity index is 1.63. The van der Waals surface area contributed by atoms with Crippen molar-refractivity contribution in [1.29, 1.82) is 0 Å². The Bertz CT molecular complexity index is 1050. The molecule has 0 fully saturated rings. The fraction of sp³-hybridized carbons (Fsp3) is 0.167. The zero-order chi connectivity index (χ0) is 19.1. The molecule has 0 saturated carbocycles. The van der Waals surface area contributed by atoms with Gasteiger partial charge in [-0.25, -0.2) is 13.2 Å². The van der Waals surface area contributed by atoms with Crippen LogP contribution in [-0.2, 0) is 13.1 Å². The average Bonchev–Trinajstić information content (AvgIpc) is 3.06. The number of nitrogens with zero attached hydrogens (tertiary/aromatic N) is 4. The van der Waals surface area contributed by atoms with E-state index in [0.717, 1.165) is 18.2 Å². The van der Waals surface area contributed by atoms with Gasteiger partial charge in [-0.15, -0.1) is 10.2 Å². The van der Waals surface area contributed by atoms with Crippen LogP contribution in [0.2, 0.25) is 5.02 Å². The number of aromatic nitrogens is 3. The molecule has 5 nitrogen and oxygen atoms in total. The molecule has 0 aliphatic carbocycles. The standard InChI is InChI=1S/C18H12ClF3N4O/c19-13-8-10(20)4-5-11(13)18(27)25-6-7-26-15(9-25)23-24-17(26)12-2-1-3-14(21)16(12)22/h1-5,8H,6-7,9H2. The molecular formula is C18H12ClF3N4O. The zero-order valence-electron chi connectivity index (χ0n) is 13.8. The lowest BCUT2D eigenvalue weighted by atomic mass is 10.1. The van der Waals surface area contributed by atoms with Crippen LogP contribution in [0.3, 0.4) is 0 Å². The van der Waals surface area contributed by atoms with Crippen molar-refractivity contribution < 1.29 is 18.0 Å². The minimum absolute atomic E-state index is 0.00936. The van der Waals surface area contributed by atoms with E-state index in [9.17, 15) is 18.0 Å². The average molecular weight is 393 g/mol. The van der Waals surface area contributed by atoms with Crippen LogP contribution in [0.1, 0.15) is 16.2 Å². The van der Waals surface area contributed by atoms with Crippen LogP contribution in [0.25, 0.3) is 11.4 Å². The van der Waals surface area contributed by atoms with Crippen molar-refractivity contribution in [3.05, 3.63) is 70.3 Å². The summed E-state index contributed by atoms with van der Waals surface area (Å²) in [4.78, 5) is 14.2. The van der Waals surface area contributed by atoms with Gasteiger partial charge in [-0.2, -0.15) is 0 Å². The van der Waals surface area contributed by atoms with Crippen LogP contribution in [0.5, 0.6) is 0 Å². The first-order chi connectivity index (χ1) is 13.0. The molecule has 27 heavy (non-hydrogen) atoms. The molecule has 1 amide bonds. The van der Waals surface area contributed by atoms with Gasteiger partial charge in [-0.05, 0) is 30.3 Å². The summed E-state index contributed by atoms with van der Waals surface area (Å²) in [5.74, 6) is -2.22. The predicted octanol–water partition coefficient (Wildman–Crippen LogP) is 3.67. The lowest BCUT2D eigenvalue weighted by molar-refractivity contribution is 0.0708. The van der Waals surface area contributed by atoms with Crippen LogP contribution >= 0.6 is 11.6 Å². The summed E-state index contributed by atoms with van der Waals surface area (Å²) in [6.07, 6.45) is 0. The van der Waals surface area contributed by atoms with Gasteiger partial charge in [-0.3, -0.25) is 4.79 Å². The molecule has 0 atom stereocenters. The van der Waals surface area contributed by atoms with Crippen LogP contribution < -0.4 is 0 Å². The maximum absolute atomic E-state index is 14.1. The predicted molar refractivity (Wildman–Crippen MR) is 91.5 cm³/mol. The van der Waals surface area contributed by atoms with Gasteiger partial charge in [0, 0.05) is 13.1 Å². The van der Waals surface area contributed by atoms with E-state index in [1.165, 1.54) is 23.1 Å². The van der Waals surface area contributed by atoms with E-state index >= 15 is 0 Å². The molecule has 138 valence electrons. The Kier molecular flexibility index (Phi) is 4.35. The summed E-state index contributed by atoms with van der Waals surface area (Å²) >= 11 is 5.96. The summed E-state index contributed by atoms with van der Waals surface area (Å²) in [5.41, 5.74) is 0.192. The minimum Gasteiger partial charge on any atom is -0.329 e. The topological polar surface area (TPSA) is 51.0 Å².